The SMILES string of the molecule is CC(c1ccco1)N(C)C(=O)c1ccc(-n2ccnc2)c([N+](=O)[O-])c1. The van der Waals surface area contributed by atoms with Crippen LogP contribution in [0.4, 0.5) is 5.69 Å². The number of nitro groups is 1. The lowest BCUT2D eigenvalue weighted by molar-refractivity contribution is -0.384. The van der Waals surface area contributed by atoms with E-state index >= 15 is 0 Å². The molecule has 3 aromatic rings. The fraction of sp³-hybridized carbons (Fsp3) is 0.176. The molecule has 0 N–H and O–H groups in total. The number of aromatic nitrogens is 2. The molecule has 0 bridgehead atoms. The summed E-state index contributed by atoms with van der Waals surface area (Å²) in [6.45, 7) is 1.82. The molecule has 0 aliphatic carbocycles. The minimum Gasteiger partial charge on any atom is -0.467 e. The highest BCUT2D eigenvalue weighted by molar-refractivity contribution is 5.95. The molecule has 1 atom stereocenters. The van der Waals surface area contributed by atoms with Crippen LogP contribution in [0.25, 0.3) is 5.69 Å². The zero-order chi connectivity index (χ0) is 18.0. The Hall–Kier alpha value is -3.42. The van der Waals surface area contributed by atoms with E-state index in [0.29, 0.717) is 11.4 Å². The number of hydrogen-bond donors (Lipinski definition) is 0. The van der Waals surface area contributed by atoms with Gasteiger partial charge in [-0.25, -0.2) is 4.98 Å². The van der Waals surface area contributed by atoms with Crippen LogP contribution in [0.3, 0.4) is 0 Å². The van der Waals surface area contributed by atoms with Gasteiger partial charge in [0.2, 0.25) is 0 Å². The number of carbonyl (C=O) groups excluding carboxylic acids is 1. The summed E-state index contributed by atoms with van der Waals surface area (Å²) >= 11 is 0. The highest BCUT2D eigenvalue weighted by Crippen LogP contribution is 2.26. The second kappa shape index (κ2) is 6.60. The van der Waals surface area contributed by atoms with E-state index in [0.717, 1.165) is 0 Å². The number of hydrogen-bond acceptors (Lipinski definition) is 5. The van der Waals surface area contributed by atoms with Crippen molar-refractivity contribution in [2.24, 2.45) is 0 Å². The fourth-order valence-corrected chi connectivity index (χ4v) is 2.52. The number of nitro benzene ring substituents is 1. The number of carbonyl (C=O) groups is 1. The summed E-state index contributed by atoms with van der Waals surface area (Å²) in [5, 5.41) is 11.4. The van der Waals surface area contributed by atoms with Gasteiger partial charge in [-0.3, -0.25) is 14.9 Å². The second-order valence-electron chi connectivity index (χ2n) is 5.54. The molecule has 25 heavy (non-hydrogen) atoms. The molecular formula is C17H16N4O4. The summed E-state index contributed by atoms with van der Waals surface area (Å²) in [6.07, 6.45) is 6.14. The predicted octanol–water partition coefficient (Wildman–Crippen LogP) is 3.21. The van der Waals surface area contributed by atoms with Crippen LogP contribution in [0.5, 0.6) is 0 Å². The fourth-order valence-electron chi connectivity index (χ4n) is 2.52. The highest BCUT2D eigenvalue weighted by atomic mass is 16.6. The monoisotopic (exact) mass is 340 g/mol. The van der Waals surface area contributed by atoms with E-state index in [-0.39, 0.29) is 23.2 Å². The Balaban J connectivity index is 1.93. The Kier molecular flexibility index (Phi) is 4.34. The molecule has 3 rings (SSSR count). The summed E-state index contributed by atoms with van der Waals surface area (Å²) in [4.78, 5) is 29.0. The third kappa shape index (κ3) is 3.14. The zero-order valence-corrected chi connectivity index (χ0v) is 13.7. The Morgan fingerprint density at radius 3 is 2.80 bits per heavy atom. The van der Waals surface area contributed by atoms with Gasteiger partial charge in [0, 0.05) is 31.1 Å². The number of furan rings is 1. The molecule has 8 heteroatoms. The summed E-state index contributed by atoms with van der Waals surface area (Å²) in [7, 11) is 1.63. The molecule has 1 amide bonds. The number of benzene rings is 1. The quantitative estimate of drug-likeness (QED) is 0.525. The van der Waals surface area contributed by atoms with Gasteiger partial charge < -0.3 is 13.9 Å². The minimum absolute atomic E-state index is 0.164. The van der Waals surface area contributed by atoms with Gasteiger partial charge in [0.1, 0.15) is 11.4 Å². The first-order valence-corrected chi connectivity index (χ1v) is 7.56. The van der Waals surface area contributed by atoms with Gasteiger partial charge in [-0.15, -0.1) is 0 Å². The van der Waals surface area contributed by atoms with Crippen LogP contribution in [0.15, 0.2) is 59.7 Å². The minimum atomic E-state index is -0.512. The van der Waals surface area contributed by atoms with Crippen LogP contribution in [0.2, 0.25) is 0 Å². The van der Waals surface area contributed by atoms with E-state index in [1.165, 1.54) is 34.3 Å². The Bertz CT molecular complexity index is 888. The summed E-state index contributed by atoms with van der Waals surface area (Å²) in [5.74, 6) is 0.310. The zero-order valence-electron chi connectivity index (χ0n) is 13.7. The van der Waals surface area contributed by atoms with E-state index in [9.17, 15) is 14.9 Å². The molecule has 0 spiro atoms. The molecule has 0 saturated carbocycles. The van der Waals surface area contributed by atoms with E-state index in [4.69, 9.17) is 4.42 Å². The van der Waals surface area contributed by atoms with Gasteiger partial charge >= 0.3 is 0 Å². The molecule has 0 aliphatic heterocycles. The Labute approximate surface area is 143 Å². The number of imidazole rings is 1. The van der Waals surface area contributed by atoms with E-state index < -0.39 is 4.92 Å². The van der Waals surface area contributed by atoms with Gasteiger partial charge in [-0.2, -0.15) is 0 Å². The second-order valence-corrected chi connectivity index (χ2v) is 5.54. The largest absolute Gasteiger partial charge is 0.467 e. The Morgan fingerprint density at radius 2 is 2.20 bits per heavy atom. The third-order valence-electron chi connectivity index (χ3n) is 4.06. The summed E-state index contributed by atoms with van der Waals surface area (Å²) in [5.41, 5.74) is 0.417. The van der Waals surface area contributed by atoms with E-state index in [2.05, 4.69) is 4.98 Å². The maximum Gasteiger partial charge on any atom is 0.294 e. The molecule has 0 fully saturated rings. The van der Waals surface area contributed by atoms with Crippen molar-refractivity contribution in [2.75, 3.05) is 7.05 Å². The van der Waals surface area contributed by atoms with E-state index in [1.807, 2.05) is 6.92 Å². The first-order chi connectivity index (χ1) is 12.0. The van der Waals surface area contributed by atoms with Gasteiger partial charge in [0.25, 0.3) is 11.6 Å². The maximum absolute atomic E-state index is 12.7. The molecule has 128 valence electrons. The van der Waals surface area contributed by atoms with Crippen molar-refractivity contribution in [1.29, 1.82) is 0 Å². The average molecular weight is 340 g/mol. The van der Waals surface area contributed by atoms with Crippen LogP contribution >= 0.6 is 0 Å². The van der Waals surface area contributed by atoms with E-state index in [1.54, 1.807) is 37.5 Å². The Morgan fingerprint density at radius 1 is 1.40 bits per heavy atom. The smallest absolute Gasteiger partial charge is 0.294 e. The number of nitrogens with zero attached hydrogens (tertiary/aromatic N) is 4. The van der Waals surface area contributed by atoms with Crippen LogP contribution in [-0.4, -0.2) is 32.3 Å². The molecule has 0 aliphatic rings. The van der Waals surface area contributed by atoms with Gasteiger partial charge in [0.05, 0.1) is 23.6 Å². The normalized spacial score (nSPS) is 11.9. The van der Waals surface area contributed by atoms with Crippen molar-refractivity contribution >= 4 is 11.6 Å². The van der Waals surface area contributed by atoms with Crippen molar-refractivity contribution in [3.63, 3.8) is 0 Å². The molecule has 0 radical (unpaired) electrons. The highest BCUT2D eigenvalue weighted by Gasteiger charge is 2.24. The van der Waals surface area contributed by atoms with Crippen molar-refractivity contribution in [2.45, 2.75) is 13.0 Å². The molecule has 1 unspecified atom stereocenters. The standard InChI is InChI=1S/C17H16N4O4/c1-12(16-4-3-9-25-16)19(2)17(22)13-5-6-14(15(10-13)21(23)24)20-8-7-18-11-20/h3-12H,1-2H3. The van der Waals surface area contributed by atoms with Crippen molar-refractivity contribution in [3.05, 3.63) is 76.8 Å². The van der Waals surface area contributed by atoms with Crippen molar-refractivity contribution in [3.8, 4) is 5.69 Å². The molecule has 8 nitrogen and oxygen atoms in total. The van der Waals surface area contributed by atoms with Crippen LogP contribution in [-0.2, 0) is 0 Å². The number of amides is 1. The summed E-state index contributed by atoms with van der Waals surface area (Å²) < 4.78 is 6.85. The van der Waals surface area contributed by atoms with Gasteiger partial charge in [0.15, 0.2) is 0 Å². The average Bonchev–Trinajstić information content (AvgIpc) is 3.32. The predicted molar refractivity (Wildman–Crippen MR) is 89.4 cm³/mol. The number of rotatable bonds is 5. The van der Waals surface area contributed by atoms with Crippen molar-refractivity contribution in [1.82, 2.24) is 14.5 Å². The first-order valence-electron chi connectivity index (χ1n) is 7.56. The lowest BCUT2D eigenvalue weighted by atomic mass is 10.1. The lowest BCUT2D eigenvalue weighted by Gasteiger charge is -2.23. The van der Waals surface area contributed by atoms with Gasteiger partial charge in [-0.1, -0.05) is 0 Å². The van der Waals surface area contributed by atoms with Crippen molar-refractivity contribution < 1.29 is 14.1 Å². The molecule has 0 saturated heterocycles. The molecule has 2 heterocycles. The topological polar surface area (TPSA) is 94.4 Å². The van der Waals surface area contributed by atoms with Crippen LogP contribution < -0.4 is 0 Å². The molecule has 2 aromatic heterocycles. The molecular weight excluding hydrogens is 324 g/mol. The summed E-state index contributed by atoms with van der Waals surface area (Å²) in [6, 6.07) is 7.61. The molecule has 1 aromatic carbocycles. The first kappa shape index (κ1) is 16.4. The third-order valence-corrected chi connectivity index (χ3v) is 4.06. The van der Waals surface area contributed by atoms with Gasteiger partial charge in [-0.05, 0) is 31.2 Å². The van der Waals surface area contributed by atoms with Crippen LogP contribution in [0, 0.1) is 10.1 Å². The maximum atomic E-state index is 12.7. The van der Waals surface area contributed by atoms with Crippen LogP contribution in [0.1, 0.15) is 29.1 Å². The lowest BCUT2D eigenvalue weighted by Crippen LogP contribution is -2.29.